The molecule has 3 fully saturated rings. The van der Waals surface area contributed by atoms with Gasteiger partial charge in [0.15, 0.2) is 5.79 Å². The van der Waals surface area contributed by atoms with E-state index in [2.05, 4.69) is 49.1 Å². The second kappa shape index (κ2) is 7.36. The summed E-state index contributed by atoms with van der Waals surface area (Å²) in [5.74, 6) is 0.332. The van der Waals surface area contributed by atoms with Crippen molar-refractivity contribution in [3.63, 3.8) is 0 Å². The average molecular weight is 345 g/mol. The standard InChI is InChI=1S/C21H31NO3/c1-16-12-22(13-17(2)24-16)14-20-15-23-21(25-20)10-8-19(9-11-21)18-6-4-3-5-7-18/h3-7,16-17,19-20H,8-15H2,1-2H3. The number of morpholine rings is 1. The van der Waals surface area contributed by atoms with Crippen LogP contribution in [-0.2, 0) is 14.2 Å². The number of hydrogen-bond donors (Lipinski definition) is 0. The molecule has 0 N–H and O–H groups in total. The number of nitrogens with zero attached hydrogens (tertiary/aromatic N) is 1. The van der Waals surface area contributed by atoms with E-state index < -0.39 is 0 Å². The lowest BCUT2D eigenvalue weighted by Crippen LogP contribution is -2.48. The lowest BCUT2D eigenvalue weighted by atomic mass is 9.81. The molecule has 1 spiro atoms. The zero-order valence-electron chi connectivity index (χ0n) is 15.5. The van der Waals surface area contributed by atoms with Gasteiger partial charge in [-0.05, 0) is 38.2 Å². The minimum atomic E-state index is -0.320. The first kappa shape index (κ1) is 17.5. The highest BCUT2D eigenvalue weighted by atomic mass is 16.7. The third-order valence-corrected chi connectivity index (χ3v) is 5.89. The maximum atomic E-state index is 6.44. The second-order valence-electron chi connectivity index (χ2n) is 8.12. The van der Waals surface area contributed by atoms with E-state index in [4.69, 9.17) is 14.2 Å². The summed E-state index contributed by atoms with van der Waals surface area (Å²) in [5, 5.41) is 0. The van der Waals surface area contributed by atoms with E-state index in [1.165, 1.54) is 5.56 Å². The second-order valence-corrected chi connectivity index (χ2v) is 8.12. The fourth-order valence-corrected chi connectivity index (χ4v) is 4.81. The van der Waals surface area contributed by atoms with Crippen molar-refractivity contribution in [3.05, 3.63) is 35.9 Å². The molecule has 3 aliphatic rings. The normalized spacial score (nSPS) is 39.8. The van der Waals surface area contributed by atoms with Gasteiger partial charge >= 0.3 is 0 Å². The minimum Gasteiger partial charge on any atom is -0.373 e. The van der Waals surface area contributed by atoms with Crippen molar-refractivity contribution in [1.82, 2.24) is 4.90 Å². The van der Waals surface area contributed by atoms with Gasteiger partial charge in [-0.25, -0.2) is 0 Å². The van der Waals surface area contributed by atoms with Crippen molar-refractivity contribution in [1.29, 1.82) is 0 Å². The van der Waals surface area contributed by atoms with Gasteiger partial charge in [0.2, 0.25) is 0 Å². The molecule has 4 heteroatoms. The van der Waals surface area contributed by atoms with Crippen molar-refractivity contribution in [2.45, 2.75) is 69.5 Å². The first-order valence-corrected chi connectivity index (χ1v) is 9.86. The van der Waals surface area contributed by atoms with Crippen molar-refractivity contribution in [2.75, 3.05) is 26.2 Å². The molecule has 25 heavy (non-hydrogen) atoms. The summed E-state index contributed by atoms with van der Waals surface area (Å²) in [6.07, 6.45) is 5.15. The molecule has 0 amide bonds. The Morgan fingerprint density at radius 3 is 2.40 bits per heavy atom. The summed E-state index contributed by atoms with van der Waals surface area (Å²) in [7, 11) is 0. The topological polar surface area (TPSA) is 30.9 Å². The van der Waals surface area contributed by atoms with Crippen LogP contribution < -0.4 is 0 Å². The highest BCUT2D eigenvalue weighted by molar-refractivity contribution is 5.20. The SMILES string of the molecule is CC1CN(CC2COC3(CCC(c4ccccc4)CC3)O2)CC(C)O1. The summed E-state index contributed by atoms with van der Waals surface area (Å²) in [6, 6.07) is 10.9. The Hall–Kier alpha value is -0.940. The van der Waals surface area contributed by atoms with Gasteiger partial charge in [0.1, 0.15) is 0 Å². The smallest absolute Gasteiger partial charge is 0.169 e. The van der Waals surface area contributed by atoms with Crippen molar-refractivity contribution in [2.24, 2.45) is 0 Å². The molecule has 3 unspecified atom stereocenters. The molecule has 1 saturated carbocycles. The quantitative estimate of drug-likeness (QED) is 0.838. The highest BCUT2D eigenvalue weighted by Gasteiger charge is 2.44. The molecule has 0 aromatic heterocycles. The number of rotatable bonds is 3. The summed E-state index contributed by atoms with van der Waals surface area (Å²) >= 11 is 0. The minimum absolute atomic E-state index is 0.200. The van der Waals surface area contributed by atoms with Crippen molar-refractivity contribution < 1.29 is 14.2 Å². The van der Waals surface area contributed by atoms with Gasteiger partial charge in [0.05, 0.1) is 24.9 Å². The number of benzene rings is 1. The van der Waals surface area contributed by atoms with E-state index in [1.807, 2.05) is 0 Å². The van der Waals surface area contributed by atoms with Crippen LogP contribution in [0.3, 0.4) is 0 Å². The third kappa shape index (κ3) is 4.08. The molecule has 138 valence electrons. The fraction of sp³-hybridized carbons (Fsp3) is 0.714. The van der Waals surface area contributed by atoms with Crippen molar-refractivity contribution in [3.8, 4) is 0 Å². The zero-order valence-corrected chi connectivity index (χ0v) is 15.5. The maximum Gasteiger partial charge on any atom is 0.169 e. The lowest BCUT2D eigenvalue weighted by molar-refractivity contribution is -0.191. The van der Waals surface area contributed by atoms with Gasteiger partial charge in [0.25, 0.3) is 0 Å². The molecule has 1 aromatic rings. The van der Waals surface area contributed by atoms with Gasteiger partial charge in [-0.3, -0.25) is 4.90 Å². The molecule has 4 nitrogen and oxygen atoms in total. The van der Waals surface area contributed by atoms with Crippen LogP contribution in [0, 0.1) is 0 Å². The largest absolute Gasteiger partial charge is 0.373 e. The van der Waals surface area contributed by atoms with E-state index in [9.17, 15) is 0 Å². The van der Waals surface area contributed by atoms with Gasteiger partial charge in [-0.1, -0.05) is 30.3 Å². The lowest BCUT2D eigenvalue weighted by Gasteiger charge is -2.38. The summed E-state index contributed by atoms with van der Waals surface area (Å²) in [5.41, 5.74) is 1.46. The Morgan fingerprint density at radius 2 is 1.72 bits per heavy atom. The first-order chi connectivity index (χ1) is 12.1. The molecule has 1 aromatic carbocycles. The van der Waals surface area contributed by atoms with Crippen LogP contribution in [0.2, 0.25) is 0 Å². The van der Waals surface area contributed by atoms with Crippen LogP contribution in [0.4, 0.5) is 0 Å². The Labute approximate surface area is 151 Å². The van der Waals surface area contributed by atoms with Gasteiger partial charge in [-0.15, -0.1) is 0 Å². The molecule has 0 radical (unpaired) electrons. The molecule has 3 atom stereocenters. The Balaban J connectivity index is 1.29. The molecule has 4 rings (SSSR count). The molecule has 2 heterocycles. The molecule has 2 saturated heterocycles. The van der Waals surface area contributed by atoms with Crippen LogP contribution >= 0.6 is 0 Å². The molecule has 0 bridgehead atoms. The molecular formula is C21H31NO3. The Morgan fingerprint density at radius 1 is 1.04 bits per heavy atom. The molecule has 2 aliphatic heterocycles. The fourth-order valence-electron chi connectivity index (χ4n) is 4.81. The van der Waals surface area contributed by atoms with E-state index in [0.29, 0.717) is 18.1 Å². The Bertz CT molecular complexity index is 546. The van der Waals surface area contributed by atoms with Crippen LogP contribution in [0.25, 0.3) is 0 Å². The van der Waals surface area contributed by atoms with Gasteiger partial charge < -0.3 is 14.2 Å². The van der Waals surface area contributed by atoms with Crippen LogP contribution in [0.5, 0.6) is 0 Å². The van der Waals surface area contributed by atoms with E-state index >= 15 is 0 Å². The maximum absolute atomic E-state index is 6.44. The highest BCUT2D eigenvalue weighted by Crippen LogP contribution is 2.43. The monoisotopic (exact) mass is 345 g/mol. The van der Waals surface area contributed by atoms with Gasteiger partial charge in [0, 0.05) is 32.5 Å². The van der Waals surface area contributed by atoms with E-state index in [0.717, 1.165) is 51.9 Å². The number of ether oxygens (including phenoxy) is 3. The summed E-state index contributed by atoms with van der Waals surface area (Å²) in [6.45, 7) is 7.99. The van der Waals surface area contributed by atoms with Gasteiger partial charge in [-0.2, -0.15) is 0 Å². The predicted octanol–water partition coefficient (Wildman–Crippen LogP) is 3.57. The molecular weight excluding hydrogens is 314 g/mol. The Kier molecular flexibility index (Phi) is 5.14. The third-order valence-electron chi connectivity index (χ3n) is 5.89. The van der Waals surface area contributed by atoms with Crippen LogP contribution in [0.1, 0.15) is 51.0 Å². The molecule has 1 aliphatic carbocycles. The van der Waals surface area contributed by atoms with E-state index in [-0.39, 0.29) is 11.9 Å². The zero-order chi connectivity index (χ0) is 17.3. The van der Waals surface area contributed by atoms with Crippen LogP contribution in [0.15, 0.2) is 30.3 Å². The van der Waals surface area contributed by atoms with Crippen molar-refractivity contribution >= 4 is 0 Å². The number of hydrogen-bond acceptors (Lipinski definition) is 4. The predicted molar refractivity (Wildman–Crippen MR) is 97.7 cm³/mol. The van der Waals surface area contributed by atoms with E-state index in [1.54, 1.807) is 0 Å². The average Bonchev–Trinajstić information content (AvgIpc) is 2.98. The summed E-state index contributed by atoms with van der Waals surface area (Å²) in [4.78, 5) is 2.47. The summed E-state index contributed by atoms with van der Waals surface area (Å²) < 4.78 is 18.5. The first-order valence-electron chi connectivity index (χ1n) is 9.86. The van der Waals surface area contributed by atoms with Crippen LogP contribution in [-0.4, -0.2) is 55.2 Å².